The van der Waals surface area contributed by atoms with Crippen LogP contribution >= 0.6 is 15.9 Å². The van der Waals surface area contributed by atoms with Crippen LogP contribution in [0.4, 0.5) is 0 Å². The lowest BCUT2D eigenvalue weighted by molar-refractivity contribution is 0.508. The molecule has 72 valence electrons. The Hall–Kier alpha value is -0.570. The minimum absolute atomic E-state index is 0.329. The topological polar surface area (TPSA) is 17.8 Å². The normalized spacial score (nSPS) is 13.2. The lowest BCUT2D eigenvalue weighted by Gasteiger charge is -2.13. The molecule has 0 aliphatic carbocycles. The van der Waals surface area contributed by atoms with Crippen molar-refractivity contribution in [2.24, 2.45) is 0 Å². The maximum Gasteiger partial charge on any atom is 0.0599 e. The van der Waals surface area contributed by atoms with Gasteiger partial charge in [-0.15, -0.1) is 6.58 Å². The van der Waals surface area contributed by atoms with Gasteiger partial charge in [0, 0.05) is 12.2 Å². The Labute approximate surface area is 87.8 Å². The fourth-order valence-electron chi connectivity index (χ4n) is 1.27. The van der Waals surface area contributed by atoms with Gasteiger partial charge in [-0.25, -0.2) is 0 Å². The number of hydrogen-bond donors (Lipinski definition) is 0. The van der Waals surface area contributed by atoms with Gasteiger partial charge < -0.3 is 0 Å². The highest BCUT2D eigenvalue weighted by molar-refractivity contribution is 9.09. The number of aromatic nitrogens is 2. The van der Waals surface area contributed by atoms with E-state index in [1.54, 1.807) is 0 Å². The van der Waals surface area contributed by atoms with Crippen LogP contribution in [0.25, 0.3) is 0 Å². The summed E-state index contributed by atoms with van der Waals surface area (Å²) in [6.45, 7) is 7.98. The zero-order valence-corrected chi connectivity index (χ0v) is 9.66. The summed E-state index contributed by atoms with van der Waals surface area (Å²) in [7, 11) is 0. The Morgan fingerprint density at radius 1 is 1.69 bits per heavy atom. The van der Waals surface area contributed by atoms with Crippen LogP contribution in [0.1, 0.15) is 36.8 Å². The fraction of sp³-hybridized carbons (Fsp3) is 0.500. The van der Waals surface area contributed by atoms with Gasteiger partial charge in [0.1, 0.15) is 0 Å². The average molecular weight is 243 g/mol. The summed E-state index contributed by atoms with van der Waals surface area (Å²) >= 11 is 3.61. The summed E-state index contributed by atoms with van der Waals surface area (Å²) in [5, 5.41) is 4.27. The Morgan fingerprint density at radius 2 is 2.38 bits per heavy atom. The lowest BCUT2D eigenvalue weighted by Crippen LogP contribution is -2.08. The average Bonchev–Trinajstić information content (AvgIpc) is 2.52. The van der Waals surface area contributed by atoms with Crippen LogP contribution in [0.3, 0.4) is 0 Å². The molecule has 0 aromatic carbocycles. The van der Waals surface area contributed by atoms with Crippen molar-refractivity contribution < 1.29 is 0 Å². The monoisotopic (exact) mass is 242 g/mol. The molecule has 0 aliphatic rings. The van der Waals surface area contributed by atoms with Gasteiger partial charge in [-0.3, -0.25) is 4.68 Å². The molecule has 0 aliphatic heterocycles. The van der Waals surface area contributed by atoms with Crippen molar-refractivity contribution in [1.29, 1.82) is 0 Å². The summed E-state index contributed by atoms with van der Waals surface area (Å²) in [5.74, 6) is 0. The van der Waals surface area contributed by atoms with E-state index in [-0.39, 0.29) is 0 Å². The number of nitrogens with zero attached hydrogens (tertiary/aromatic N) is 2. The first-order valence-corrected chi connectivity index (χ1v) is 5.36. The first kappa shape index (κ1) is 10.5. The summed E-state index contributed by atoms with van der Waals surface area (Å²) < 4.78 is 2.03. The third kappa shape index (κ3) is 2.44. The third-order valence-corrected chi connectivity index (χ3v) is 2.73. The van der Waals surface area contributed by atoms with Crippen molar-refractivity contribution in [3.05, 3.63) is 30.6 Å². The molecule has 1 aromatic rings. The minimum Gasteiger partial charge on any atom is -0.266 e. The molecule has 13 heavy (non-hydrogen) atoms. The van der Waals surface area contributed by atoms with Crippen LogP contribution in [0, 0.1) is 0 Å². The third-order valence-electron chi connectivity index (χ3n) is 1.88. The highest BCUT2D eigenvalue weighted by Gasteiger charge is 2.12. The molecule has 1 unspecified atom stereocenters. The number of allylic oxidation sites excluding steroid dienone is 1. The molecule has 0 fully saturated rings. The molecular weight excluding hydrogens is 228 g/mol. The second kappa shape index (κ2) is 4.61. The predicted octanol–water partition coefficient (Wildman–Crippen LogP) is 3.48. The van der Waals surface area contributed by atoms with E-state index in [2.05, 4.69) is 41.5 Å². The zero-order valence-electron chi connectivity index (χ0n) is 8.07. The quantitative estimate of drug-likeness (QED) is 0.584. The number of halogens is 1. The van der Waals surface area contributed by atoms with Crippen molar-refractivity contribution in [2.45, 2.75) is 31.1 Å². The van der Waals surface area contributed by atoms with Gasteiger partial charge in [-0.1, -0.05) is 22.0 Å². The highest BCUT2D eigenvalue weighted by atomic mass is 79.9. The molecule has 0 amide bonds. The molecule has 1 rings (SSSR count). The van der Waals surface area contributed by atoms with E-state index in [0.717, 1.165) is 6.42 Å². The fourth-order valence-corrected chi connectivity index (χ4v) is 1.90. The largest absolute Gasteiger partial charge is 0.266 e. The van der Waals surface area contributed by atoms with Crippen LogP contribution in [0.2, 0.25) is 0 Å². The molecule has 0 radical (unpaired) electrons. The van der Waals surface area contributed by atoms with Gasteiger partial charge in [-0.05, 0) is 26.3 Å². The summed E-state index contributed by atoms with van der Waals surface area (Å²) in [6, 6.07) is 2.46. The predicted molar refractivity (Wildman–Crippen MR) is 59.1 cm³/mol. The van der Waals surface area contributed by atoms with Crippen LogP contribution in [0.5, 0.6) is 0 Å². The molecule has 0 saturated heterocycles. The van der Waals surface area contributed by atoms with Crippen molar-refractivity contribution >= 4 is 15.9 Å². The van der Waals surface area contributed by atoms with Gasteiger partial charge in [0.05, 0.1) is 10.5 Å². The van der Waals surface area contributed by atoms with E-state index in [1.807, 2.05) is 23.0 Å². The van der Waals surface area contributed by atoms with Gasteiger partial charge >= 0.3 is 0 Å². The Bertz CT molecular complexity index is 278. The second-order valence-corrected chi connectivity index (χ2v) is 4.39. The first-order valence-electron chi connectivity index (χ1n) is 4.45. The zero-order chi connectivity index (χ0) is 9.84. The van der Waals surface area contributed by atoms with Crippen LogP contribution in [-0.4, -0.2) is 9.78 Å². The van der Waals surface area contributed by atoms with Gasteiger partial charge in [0.25, 0.3) is 0 Å². The van der Waals surface area contributed by atoms with E-state index in [4.69, 9.17) is 0 Å². The standard InChI is InChI=1S/C10H15BrN2/c1-4-5-9(11)10-6-7-12-13(10)8(2)3/h4,6-9H,1,5H2,2-3H3. The molecule has 0 bridgehead atoms. The van der Waals surface area contributed by atoms with E-state index in [1.165, 1.54) is 5.69 Å². The minimum atomic E-state index is 0.329. The van der Waals surface area contributed by atoms with E-state index < -0.39 is 0 Å². The molecule has 1 atom stereocenters. The van der Waals surface area contributed by atoms with Crippen molar-refractivity contribution in [3.8, 4) is 0 Å². The van der Waals surface area contributed by atoms with Gasteiger partial charge in [0.15, 0.2) is 0 Å². The summed E-state index contributed by atoms with van der Waals surface area (Å²) in [6.07, 6.45) is 4.68. The van der Waals surface area contributed by atoms with Crippen LogP contribution in [0.15, 0.2) is 24.9 Å². The van der Waals surface area contributed by atoms with Crippen LogP contribution in [-0.2, 0) is 0 Å². The second-order valence-electron chi connectivity index (χ2n) is 3.29. The van der Waals surface area contributed by atoms with Gasteiger partial charge in [0.2, 0.25) is 0 Å². The first-order chi connectivity index (χ1) is 6.16. The number of alkyl halides is 1. The van der Waals surface area contributed by atoms with E-state index >= 15 is 0 Å². The molecule has 0 saturated carbocycles. The smallest absolute Gasteiger partial charge is 0.0599 e. The number of hydrogen-bond acceptors (Lipinski definition) is 1. The highest BCUT2D eigenvalue weighted by Crippen LogP contribution is 2.27. The Kier molecular flexibility index (Phi) is 3.72. The molecule has 0 N–H and O–H groups in total. The van der Waals surface area contributed by atoms with Crippen molar-refractivity contribution in [1.82, 2.24) is 9.78 Å². The van der Waals surface area contributed by atoms with Gasteiger partial charge in [-0.2, -0.15) is 5.10 Å². The summed E-state index contributed by atoms with van der Waals surface area (Å²) in [5.41, 5.74) is 1.22. The van der Waals surface area contributed by atoms with Crippen LogP contribution < -0.4 is 0 Å². The maximum absolute atomic E-state index is 4.27. The van der Waals surface area contributed by atoms with E-state index in [0.29, 0.717) is 10.9 Å². The molecular formula is C10H15BrN2. The molecule has 2 nitrogen and oxygen atoms in total. The maximum atomic E-state index is 4.27. The van der Waals surface area contributed by atoms with Crippen molar-refractivity contribution in [3.63, 3.8) is 0 Å². The summed E-state index contributed by atoms with van der Waals surface area (Å²) in [4.78, 5) is 0.329. The Balaban J connectivity index is 2.86. The van der Waals surface area contributed by atoms with E-state index in [9.17, 15) is 0 Å². The molecule has 0 spiro atoms. The van der Waals surface area contributed by atoms with Crippen molar-refractivity contribution in [2.75, 3.05) is 0 Å². The molecule has 1 heterocycles. The lowest BCUT2D eigenvalue weighted by atomic mass is 10.2. The molecule has 1 aromatic heterocycles. The Morgan fingerprint density at radius 3 is 2.92 bits per heavy atom. The number of rotatable bonds is 4. The SMILES string of the molecule is C=CCC(Br)c1ccnn1C(C)C. The molecule has 3 heteroatoms.